The van der Waals surface area contributed by atoms with E-state index in [0.29, 0.717) is 29.6 Å². The molecule has 0 N–H and O–H groups in total. The number of nitrogens with zero attached hydrogens (tertiary/aromatic N) is 4. The van der Waals surface area contributed by atoms with Crippen LogP contribution in [0, 0.1) is 16.0 Å². The normalized spacial score (nSPS) is 17.5. The molecule has 186 valence electrons. The average Bonchev–Trinajstić information content (AvgIpc) is 3.48. The second kappa shape index (κ2) is 10.4. The van der Waals surface area contributed by atoms with Crippen molar-refractivity contribution in [2.75, 3.05) is 19.7 Å². The van der Waals surface area contributed by atoms with Crippen LogP contribution >= 0.6 is 22.7 Å². The minimum Gasteiger partial charge on any atom is -0.465 e. The monoisotopic (exact) mass is 538 g/mol. The Kier molecular flexibility index (Phi) is 7.44. The molecule has 3 aromatic rings. The van der Waals surface area contributed by atoms with Gasteiger partial charge in [0, 0.05) is 25.2 Å². The van der Waals surface area contributed by atoms with Gasteiger partial charge in [0.2, 0.25) is 0 Å². The van der Waals surface area contributed by atoms with Gasteiger partial charge in [-0.2, -0.15) is 9.30 Å². The number of carbonyl (C=O) groups is 2. The third kappa shape index (κ3) is 5.34. The summed E-state index contributed by atoms with van der Waals surface area (Å²) < 4.78 is 34.4. The Morgan fingerprint density at radius 2 is 2.11 bits per heavy atom. The molecular weight excluding hydrogens is 516 g/mol. The Bertz CT molecular complexity index is 1440. The minimum atomic E-state index is -3.69. The largest absolute Gasteiger partial charge is 0.465 e. The maximum Gasteiger partial charge on any atom is 0.326 e. The Morgan fingerprint density at radius 3 is 2.80 bits per heavy atom. The van der Waals surface area contributed by atoms with E-state index in [1.807, 2.05) is 0 Å². The SMILES string of the molecule is CCOC(=O)Cn1c(=NC(=O)C2CCCN(S(=O)(=O)c3cccs3)C2)sc2ccc([N+](=O)[O-])cc21. The summed E-state index contributed by atoms with van der Waals surface area (Å²) in [5.41, 5.74) is 0.224. The van der Waals surface area contributed by atoms with Gasteiger partial charge in [0.1, 0.15) is 10.8 Å². The molecule has 0 bridgehead atoms. The lowest BCUT2D eigenvalue weighted by atomic mass is 9.99. The van der Waals surface area contributed by atoms with Gasteiger partial charge in [-0.25, -0.2) is 8.42 Å². The van der Waals surface area contributed by atoms with E-state index in [4.69, 9.17) is 4.74 Å². The summed E-state index contributed by atoms with van der Waals surface area (Å²) in [6.07, 6.45) is 0.991. The van der Waals surface area contributed by atoms with Gasteiger partial charge in [-0.15, -0.1) is 11.3 Å². The maximum atomic E-state index is 13.1. The van der Waals surface area contributed by atoms with E-state index >= 15 is 0 Å². The van der Waals surface area contributed by atoms with Crippen molar-refractivity contribution < 1.29 is 27.7 Å². The standard InChI is InChI=1S/C21H22N4O7S3/c1-2-32-18(26)13-24-16-11-15(25(28)29)7-8-17(16)34-21(24)22-20(27)14-5-3-9-23(12-14)35(30,31)19-6-4-10-33-19/h4,6-8,10-11,14H,2-3,5,9,12-13H2,1H3. The third-order valence-electron chi connectivity index (χ3n) is 5.50. The molecule has 14 heteroatoms. The lowest BCUT2D eigenvalue weighted by Crippen LogP contribution is -2.42. The molecule has 35 heavy (non-hydrogen) atoms. The van der Waals surface area contributed by atoms with Crippen LogP contribution in [0.1, 0.15) is 19.8 Å². The molecule has 0 radical (unpaired) electrons. The molecule has 2 aromatic heterocycles. The Morgan fingerprint density at radius 1 is 1.31 bits per heavy atom. The highest BCUT2D eigenvalue weighted by Gasteiger charge is 2.34. The first-order valence-electron chi connectivity index (χ1n) is 10.8. The summed E-state index contributed by atoms with van der Waals surface area (Å²) in [6, 6.07) is 7.40. The van der Waals surface area contributed by atoms with Crippen LogP contribution in [-0.4, -0.2) is 53.8 Å². The zero-order valence-electron chi connectivity index (χ0n) is 18.7. The van der Waals surface area contributed by atoms with Gasteiger partial charge in [-0.1, -0.05) is 17.4 Å². The Hall–Kier alpha value is -2.94. The molecule has 1 unspecified atom stereocenters. The van der Waals surface area contributed by atoms with E-state index in [2.05, 4.69) is 4.99 Å². The fourth-order valence-electron chi connectivity index (χ4n) is 3.83. The number of sulfonamides is 1. The number of nitro benzene ring substituents is 1. The molecule has 1 fully saturated rings. The van der Waals surface area contributed by atoms with Gasteiger partial charge in [-0.05, 0) is 37.3 Å². The number of carbonyl (C=O) groups excluding carboxylic acids is 2. The number of rotatable bonds is 7. The quantitative estimate of drug-likeness (QED) is 0.256. The molecule has 3 heterocycles. The highest BCUT2D eigenvalue weighted by atomic mass is 32.2. The number of esters is 1. The van der Waals surface area contributed by atoms with Crippen molar-refractivity contribution >= 4 is 60.5 Å². The number of hydrogen-bond acceptors (Lipinski definition) is 9. The fraction of sp³-hybridized carbons (Fsp3) is 0.381. The number of non-ortho nitro benzene ring substituents is 1. The molecule has 1 saturated heterocycles. The van der Waals surface area contributed by atoms with E-state index in [-0.39, 0.29) is 34.4 Å². The van der Waals surface area contributed by atoms with Crippen molar-refractivity contribution in [3.05, 3.63) is 50.6 Å². The van der Waals surface area contributed by atoms with Crippen LogP contribution in [0.4, 0.5) is 5.69 Å². The number of aromatic nitrogens is 1. The lowest BCUT2D eigenvalue weighted by molar-refractivity contribution is -0.384. The number of hydrogen-bond donors (Lipinski definition) is 0. The zero-order chi connectivity index (χ0) is 25.2. The molecule has 0 aliphatic carbocycles. The van der Waals surface area contributed by atoms with Crippen LogP contribution in [0.15, 0.2) is 44.9 Å². The number of piperidine rings is 1. The first-order chi connectivity index (χ1) is 16.7. The molecule has 1 amide bonds. The molecule has 0 spiro atoms. The number of nitro groups is 1. The summed E-state index contributed by atoms with van der Waals surface area (Å²) in [6.45, 7) is 1.87. The predicted octanol–water partition coefficient (Wildman–Crippen LogP) is 2.76. The molecule has 1 aromatic carbocycles. The minimum absolute atomic E-state index is 0.0107. The summed E-state index contributed by atoms with van der Waals surface area (Å²) in [5.74, 6) is -1.72. The number of thiophene rings is 1. The number of fused-ring (bicyclic) bond motifs is 1. The van der Waals surface area contributed by atoms with Crippen LogP contribution in [0.3, 0.4) is 0 Å². The van der Waals surface area contributed by atoms with Gasteiger partial charge in [0.05, 0.1) is 27.7 Å². The predicted molar refractivity (Wildman–Crippen MR) is 129 cm³/mol. The molecule has 11 nitrogen and oxygen atoms in total. The van der Waals surface area contributed by atoms with Gasteiger partial charge in [0.15, 0.2) is 4.80 Å². The van der Waals surface area contributed by atoms with E-state index < -0.39 is 32.7 Å². The Balaban J connectivity index is 1.68. The number of amides is 1. The summed E-state index contributed by atoms with van der Waals surface area (Å²) in [7, 11) is -3.69. The Labute approximate surface area is 208 Å². The van der Waals surface area contributed by atoms with Gasteiger partial charge >= 0.3 is 5.97 Å². The fourth-order valence-corrected chi connectivity index (χ4v) is 7.51. The van der Waals surface area contributed by atoms with Gasteiger partial charge in [0.25, 0.3) is 21.6 Å². The molecule has 4 rings (SSSR count). The first kappa shape index (κ1) is 25.2. The summed E-state index contributed by atoms with van der Waals surface area (Å²) in [4.78, 5) is 40.5. The number of ether oxygens (including phenoxy) is 1. The van der Waals surface area contributed by atoms with Gasteiger partial charge < -0.3 is 9.30 Å². The summed E-state index contributed by atoms with van der Waals surface area (Å²) >= 11 is 2.24. The topological polar surface area (TPSA) is 141 Å². The van der Waals surface area contributed by atoms with E-state index in [1.165, 1.54) is 27.1 Å². The van der Waals surface area contributed by atoms with Crippen LogP contribution in [0.5, 0.6) is 0 Å². The van der Waals surface area contributed by atoms with E-state index in [0.717, 1.165) is 22.7 Å². The number of thiazole rings is 1. The van der Waals surface area contributed by atoms with Gasteiger partial charge in [-0.3, -0.25) is 19.7 Å². The first-order valence-corrected chi connectivity index (χ1v) is 13.9. The third-order valence-corrected chi connectivity index (χ3v) is 9.79. The smallest absolute Gasteiger partial charge is 0.326 e. The van der Waals surface area contributed by atoms with Crippen molar-refractivity contribution in [1.29, 1.82) is 0 Å². The highest BCUT2D eigenvalue weighted by molar-refractivity contribution is 7.91. The van der Waals surface area contributed by atoms with Crippen LogP contribution in [0.25, 0.3) is 10.2 Å². The lowest BCUT2D eigenvalue weighted by Gasteiger charge is -2.29. The molecule has 1 atom stereocenters. The summed E-state index contributed by atoms with van der Waals surface area (Å²) in [5, 5.41) is 12.9. The molecular formula is C21H22N4O7S3. The van der Waals surface area contributed by atoms with Crippen molar-refractivity contribution in [3.8, 4) is 0 Å². The second-order valence-electron chi connectivity index (χ2n) is 7.77. The molecule has 1 aliphatic heterocycles. The van der Waals surface area contributed by atoms with Crippen molar-refractivity contribution in [3.63, 3.8) is 0 Å². The molecule has 1 aliphatic rings. The van der Waals surface area contributed by atoms with E-state index in [1.54, 1.807) is 24.4 Å². The maximum absolute atomic E-state index is 13.1. The second-order valence-corrected chi connectivity index (χ2v) is 11.9. The molecule has 0 saturated carbocycles. The highest BCUT2D eigenvalue weighted by Crippen LogP contribution is 2.27. The van der Waals surface area contributed by atoms with Crippen molar-refractivity contribution in [2.24, 2.45) is 10.9 Å². The van der Waals surface area contributed by atoms with E-state index in [9.17, 15) is 28.1 Å². The average molecular weight is 539 g/mol. The van der Waals surface area contributed by atoms with Crippen LogP contribution in [-0.2, 0) is 30.9 Å². The van der Waals surface area contributed by atoms with Crippen LogP contribution < -0.4 is 4.80 Å². The zero-order valence-corrected chi connectivity index (χ0v) is 21.1. The number of benzene rings is 1. The van der Waals surface area contributed by atoms with Crippen LogP contribution in [0.2, 0.25) is 0 Å². The van der Waals surface area contributed by atoms with Crippen molar-refractivity contribution in [2.45, 2.75) is 30.5 Å². The van der Waals surface area contributed by atoms with Crippen molar-refractivity contribution in [1.82, 2.24) is 8.87 Å².